The smallest absolute Gasteiger partial charge is 0.343 e. The predicted octanol–water partition coefficient (Wildman–Crippen LogP) is 3.74. The molecule has 0 spiro atoms. The van der Waals surface area contributed by atoms with Crippen molar-refractivity contribution in [1.29, 1.82) is 0 Å². The number of carbonyl (C=O) groups excluding carboxylic acids is 1. The van der Waals surface area contributed by atoms with Crippen LogP contribution in [0.2, 0.25) is 5.02 Å². The third-order valence-corrected chi connectivity index (χ3v) is 4.34. The van der Waals surface area contributed by atoms with Crippen LogP contribution < -0.4 is 5.73 Å². The van der Waals surface area contributed by atoms with Crippen LogP contribution in [-0.2, 0) is 4.74 Å². The molecule has 26 heavy (non-hydrogen) atoms. The van der Waals surface area contributed by atoms with E-state index in [1.807, 2.05) is 12.1 Å². The van der Waals surface area contributed by atoms with Gasteiger partial charge in [0.1, 0.15) is 22.7 Å². The first-order chi connectivity index (χ1) is 12.5. The molecule has 0 aliphatic heterocycles. The predicted molar refractivity (Wildman–Crippen MR) is 97.1 cm³/mol. The van der Waals surface area contributed by atoms with E-state index in [2.05, 4.69) is 9.97 Å². The summed E-state index contributed by atoms with van der Waals surface area (Å²) in [6, 6.07) is 11.3. The third-order valence-electron chi connectivity index (χ3n) is 4.05. The van der Waals surface area contributed by atoms with Gasteiger partial charge in [-0.1, -0.05) is 23.7 Å². The van der Waals surface area contributed by atoms with Crippen molar-refractivity contribution in [1.82, 2.24) is 14.5 Å². The van der Waals surface area contributed by atoms with Crippen LogP contribution in [0.3, 0.4) is 0 Å². The van der Waals surface area contributed by atoms with Gasteiger partial charge in [-0.15, -0.1) is 0 Å². The van der Waals surface area contributed by atoms with Crippen LogP contribution in [0.4, 0.5) is 10.2 Å². The quantitative estimate of drug-likeness (QED) is 0.543. The van der Waals surface area contributed by atoms with E-state index >= 15 is 0 Å². The molecule has 4 aromatic rings. The monoisotopic (exact) mass is 370 g/mol. The maximum atomic E-state index is 13.6. The lowest BCUT2D eigenvalue weighted by Crippen LogP contribution is -2.07. The van der Waals surface area contributed by atoms with Crippen LogP contribution in [0.1, 0.15) is 10.4 Å². The van der Waals surface area contributed by atoms with Gasteiger partial charge < -0.3 is 10.5 Å². The fraction of sp³-hybridized carbons (Fsp3) is 0.0556. The highest BCUT2D eigenvalue weighted by Gasteiger charge is 2.25. The average molecular weight is 371 g/mol. The zero-order valence-corrected chi connectivity index (χ0v) is 14.3. The molecule has 0 saturated heterocycles. The average Bonchev–Trinajstić information content (AvgIpc) is 2.92. The van der Waals surface area contributed by atoms with Gasteiger partial charge in [0.25, 0.3) is 0 Å². The number of methoxy groups -OCH3 is 1. The van der Waals surface area contributed by atoms with Crippen LogP contribution in [0.5, 0.6) is 0 Å². The van der Waals surface area contributed by atoms with Gasteiger partial charge in [-0.25, -0.2) is 19.2 Å². The Kier molecular flexibility index (Phi) is 3.73. The first-order valence-corrected chi connectivity index (χ1v) is 7.99. The molecule has 4 rings (SSSR count). The summed E-state index contributed by atoms with van der Waals surface area (Å²) in [7, 11) is 1.26. The topological polar surface area (TPSA) is 83.0 Å². The number of anilines is 1. The lowest BCUT2D eigenvalue weighted by Gasteiger charge is -2.08. The van der Waals surface area contributed by atoms with E-state index in [1.54, 1.807) is 12.1 Å². The second-order valence-electron chi connectivity index (χ2n) is 5.57. The zero-order valence-electron chi connectivity index (χ0n) is 13.5. The lowest BCUT2D eigenvalue weighted by atomic mass is 10.2. The summed E-state index contributed by atoms with van der Waals surface area (Å²) in [6.45, 7) is 0. The minimum Gasteiger partial charge on any atom is -0.465 e. The van der Waals surface area contributed by atoms with Gasteiger partial charge in [0.2, 0.25) is 0 Å². The summed E-state index contributed by atoms with van der Waals surface area (Å²) in [6.07, 6.45) is 0. The normalized spacial score (nSPS) is 11.2. The molecule has 0 unspecified atom stereocenters. The van der Waals surface area contributed by atoms with Gasteiger partial charge in [0, 0.05) is 0 Å². The number of nitrogens with zero attached hydrogens (tertiary/aromatic N) is 3. The van der Waals surface area contributed by atoms with Crippen molar-refractivity contribution in [3.63, 3.8) is 0 Å². The molecule has 0 radical (unpaired) electrons. The van der Waals surface area contributed by atoms with Crippen molar-refractivity contribution in [2.45, 2.75) is 0 Å². The van der Waals surface area contributed by atoms with Gasteiger partial charge in [-0.3, -0.25) is 4.57 Å². The number of fused-ring (bicyclic) bond motifs is 2. The van der Waals surface area contributed by atoms with Gasteiger partial charge in [-0.2, -0.15) is 0 Å². The first-order valence-electron chi connectivity index (χ1n) is 7.61. The number of rotatable bonds is 2. The summed E-state index contributed by atoms with van der Waals surface area (Å²) in [4.78, 5) is 21.4. The van der Waals surface area contributed by atoms with E-state index in [4.69, 9.17) is 22.1 Å². The molecule has 2 N–H and O–H groups in total. The largest absolute Gasteiger partial charge is 0.465 e. The standard InChI is InChI=1S/C18H12ClFN4O2/c1-26-18(25)14-15-17(23-13-5-3-2-4-12(13)22-15)24(16(14)21)9-6-7-11(20)10(19)8-9/h2-8H,21H2,1H3. The molecule has 130 valence electrons. The Hall–Kier alpha value is -3.19. The van der Waals surface area contributed by atoms with Gasteiger partial charge >= 0.3 is 5.97 Å². The SMILES string of the molecule is COC(=O)c1c(N)n(-c2ccc(F)c(Cl)c2)c2nc3ccccc3nc12. The van der Waals surface area contributed by atoms with Crippen molar-refractivity contribution in [2.75, 3.05) is 12.8 Å². The van der Waals surface area contributed by atoms with E-state index in [1.165, 1.54) is 29.9 Å². The Balaban J connectivity index is 2.14. The number of para-hydroxylation sites is 2. The molecule has 0 aliphatic rings. The number of halogens is 2. The molecule has 0 atom stereocenters. The molecule has 8 heteroatoms. The molecule has 2 aromatic carbocycles. The van der Waals surface area contributed by atoms with Crippen LogP contribution in [-0.4, -0.2) is 27.6 Å². The first kappa shape index (κ1) is 16.3. The molecule has 6 nitrogen and oxygen atoms in total. The summed E-state index contributed by atoms with van der Waals surface area (Å²) in [5, 5.41) is -0.0721. The van der Waals surface area contributed by atoms with Crippen molar-refractivity contribution in [3.8, 4) is 5.69 Å². The number of ether oxygens (including phenoxy) is 1. The highest BCUT2D eigenvalue weighted by Crippen LogP contribution is 2.32. The van der Waals surface area contributed by atoms with Crippen molar-refractivity contribution in [2.24, 2.45) is 0 Å². The number of nitrogens with two attached hydrogens (primary N) is 1. The fourth-order valence-corrected chi connectivity index (χ4v) is 3.03. The summed E-state index contributed by atoms with van der Waals surface area (Å²) >= 11 is 5.90. The minimum absolute atomic E-state index is 0.0721. The van der Waals surface area contributed by atoms with Gasteiger partial charge in [-0.05, 0) is 30.3 Å². The van der Waals surface area contributed by atoms with Crippen molar-refractivity contribution in [3.05, 3.63) is 58.9 Å². The van der Waals surface area contributed by atoms with E-state index in [-0.39, 0.29) is 16.4 Å². The second-order valence-corrected chi connectivity index (χ2v) is 5.98. The minimum atomic E-state index is -0.635. The number of esters is 1. The van der Waals surface area contributed by atoms with E-state index in [9.17, 15) is 9.18 Å². The van der Waals surface area contributed by atoms with Crippen molar-refractivity contribution < 1.29 is 13.9 Å². The molecule has 2 heterocycles. The Morgan fingerprint density at radius 3 is 2.54 bits per heavy atom. The molecule has 0 aliphatic carbocycles. The summed E-state index contributed by atoms with van der Waals surface area (Å²) in [5.74, 6) is -1.11. The summed E-state index contributed by atoms with van der Waals surface area (Å²) < 4.78 is 19.9. The van der Waals surface area contributed by atoms with E-state index in [0.717, 1.165) is 0 Å². The van der Waals surface area contributed by atoms with Crippen LogP contribution in [0.25, 0.3) is 27.9 Å². The zero-order chi connectivity index (χ0) is 18.4. The van der Waals surface area contributed by atoms with Crippen LogP contribution in [0.15, 0.2) is 42.5 Å². The van der Waals surface area contributed by atoms with E-state index < -0.39 is 11.8 Å². The Morgan fingerprint density at radius 2 is 1.88 bits per heavy atom. The number of aromatic nitrogens is 3. The highest BCUT2D eigenvalue weighted by molar-refractivity contribution is 6.31. The van der Waals surface area contributed by atoms with Crippen molar-refractivity contribution >= 4 is 45.6 Å². The lowest BCUT2D eigenvalue weighted by molar-refractivity contribution is 0.0604. The molecular weight excluding hydrogens is 359 g/mol. The Morgan fingerprint density at radius 1 is 1.19 bits per heavy atom. The Labute approximate surface area is 152 Å². The molecule has 0 amide bonds. The molecule has 0 fully saturated rings. The second kappa shape index (κ2) is 5.96. The molecule has 0 saturated carbocycles. The van der Waals surface area contributed by atoms with Crippen LogP contribution in [0, 0.1) is 5.82 Å². The van der Waals surface area contributed by atoms with Gasteiger partial charge in [0.05, 0.1) is 28.9 Å². The number of hydrogen-bond acceptors (Lipinski definition) is 5. The number of hydrogen-bond donors (Lipinski definition) is 1. The maximum Gasteiger partial charge on any atom is 0.343 e. The molecule has 0 bridgehead atoms. The fourth-order valence-electron chi connectivity index (χ4n) is 2.85. The number of carbonyl (C=O) groups is 1. The molecular formula is C18H12ClFN4O2. The van der Waals surface area contributed by atoms with Gasteiger partial charge in [0.15, 0.2) is 5.65 Å². The highest BCUT2D eigenvalue weighted by atomic mass is 35.5. The third kappa shape index (κ3) is 2.36. The number of nitrogen functional groups attached to an aromatic ring is 1. The number of benzene rings is 2. The van der Waals surface area contributed by atoms with E-state index in [0.29, 0.717) is 27.9 Å². The Bertz CT molecular complexity index is 1190. The maximum absolute atomic E-state index is 13.6. The molecule has 2 aromatic heterocycles. The van der Waals surface area contributed by atoms with Crippen LogP contribution >= 0.6 is 11.6 Å². The summed E-state index contributed by atoms with van der Waals surface area (Å²) in [5.41, 5.74) is 8.67.